The number of esters is 1. The zero-order chi connectivity index (χ0) is 22.8. The quantitative estimate of drug-likeness (QED) is 0.563. The minimum Gasteiger partial charge on any atom is -0.493 e. The van der Waals surface area contributed by atoms with Gasteiger partial charge in [-0.05, 0) is 30.5 Å². The summed E-state index contributed by atoms with van der Waals surface area (Å²) >= 11 is 0. The molecule has 3 rings (SSSR count). The number of rotatable bonds is 9. The number of benzene rings is 2. The van der Waals surface area contributed by atoms with Gasteiger partial charge in [-0.25, -0.2) is 0 Å². The van der Waals surface area contributed by atoms with E-state index in [1.165, 1.54) is 7.11 Å². The summed E-state index contributed by atoms with van der Waals surface area (Å²) in [4.78, 5) is 40.9. The number of hydrogen-bond donors (Lipinski definition) is 0. The van der Waals surface area contributed by atoms with Crippen LogP contribution in [0.5, 0.6) is 5.75 Å². The number of hydrogen-bond acceptors (Lipinski definition) is 5. The van der Waals surface area contributed by atoms with Crippen LogP contribution in [0.25, 0.3) is 0 Å². The van der Waals surface area contributed by atoms with Gasteiger partial charge in [-0.3, -0.25) is 14.4 Å². The lowest BCUT2D eigenvalue weighted by atomic mass is 9.94. The molecule has 0 saturated carbocycles. The van der Waals surface area contributed by atoms with Gasteiger partial charge in [0.2, 0.25) is 11.8 Å². The number of ether oxygens (including phenoxy) is 2. The molecule has 1 heterocycles. The minimum atomic E-state index is -0.444. The number of amides is 2. The topological polar surface area (TPSA) is 76.2 Å². The van der Waals surface area contributed by atoms with Crippen LogP contribution in [0.3, 0.4) is 0 Å². The molecule has 1 aliphatic rings. The molecule has 0 spiro atoms. The van der Waals surface area contributed by atoms with Gasteiger partial charge in [0, 0.05) is 25.6 Å². The van der Waals surface area contributed by atoms with Crippen molar-refractivity contribution in [2.75, 3.05) is 33.4 Å². The first-order valence-corrected chi connectivity index (χ1v) is 10.9. The van der Waals surface area contributed by atoms with Gasteiger partial charge in [-0.15, -0.1) is 0 Å². The zero-order valence-corrected chi connectivity index (χ0v) is 18.4. The molecule has 2 aromatic rings. The van der Waals surface area contributed by atoms with Gasteiger partial charge in [0.25, 0.3) is 0 Å². The van der Waals surface area contributed by atoms with Crippen molar-refractivity contribution >= 4 is 17.8 Å². The molecule has 2 aromatic carbocycles. The second-order valence-electron chi connectivity index (χ2n) is 7.82. The molecule has 1 aliphatic heterocycles. The molecule has 0 aromatic heterocycles. The highest BCUT2D eigenvalue weighted by Gasteiger charge is 2.31. The Morgan fingerprint density at radius 2 is 1.59 bits per heavy atom. The van der Waals surface area contributed by atoms with E-state index in [1.807, 2.05) is 60.7 Å². The van der Waals surface area contributed by atoms with Crippen LogP contribution in [-0.2, 0) is 25.7 Å². The van der Waals surface area contributed by atoms with Gasteiger partial charge in [0.05, 0.1) is 20.1 Å². The highest BCUT2D eigenvalue weighted by Crippen LogP contribution is 2.22. The van der Waals surface area contributed by atoms with E-state index in [9.17, 15) is 14.4 Å². The Bertz CT molecular complexity index is 880. The highest BCUT2D eigenvalue weighted by atomic mass is 16.5. The van der Waals surface area contributed by atoms with Crippen LogP contribution >= 0.6 is 0 Å². The molecule has 1 fully saturated rings. The lowest BCUT2D eigenvalue weighted by Crippen LogP contribution is -2.45. The average Bonchev–Trinajstić information content (AvgIpc) is 2.84. The standard InChI is InChI=1S/C25H30N2O5/c1-31-24(29)19-27(18-20-8-4-2-5-9-20)25(30)21-12-15-26(16-13-21)23(28)14-17-32-22-10-6-3-7-11-22/h2-11,21H,12-19H2,1H3. The van der Waals surface area contributed by atoms with Crippen molar-refractivity contribution in [3.8, 4) is 5.75 Å². The third kappa shape index (κ3) is 6.83. The first kappa shape index (κ1) is 23.3. The first-order valence-electron chi connectivity index (χ1n) is 10.9. The van der Waals surface area contributed by atoms with E-state index in [-0.39, 0.29) is 24.3 Å². The van der Waals surface area contributed by atoms with Gasteiger partial charge in [-0.1, -0.05) is 48.5 Å². The predicted octanol–water partition coefficient (Wildman–Crippen LogP) is 2.90. The van der Waals surface area contributed by atoms with Crippen molar-refractivity contribution in [3.63, 3.8) is 0 Å². The van der Waals surface area contributed by atoms with Crippen molar-refractivity contribution in [1.82, 2.24) is 9.80 Å². The Labute approximate surface area is 188 Å². The summed E-state index contributed by atoms with van der Waals surface area (Å²) in [6, 6.07) is 19.0. The number of piperidine rings is 1. The molecular weight excluding hydrogens is 408 g/mol. The van der Waals surface area contributed by atoms with Crippen LogP contribution < -0.4 is 4.74 Å². The lowest BCUT2D eigenvalue weighted by molar-refractivity contribution is -0.150. The van der Waals surface area contributed by atoms with Crippen molar-refractivity contribution in [1.29, 1.82) is 0 Å². The summed E-state index contributed by atoms with van der Waals surface area (Å²) in [6.45, 7) is 1.65. The van der Waals surface area contributed by atoms with Gasteiger partial charge in [-0.2, -0.15) is 0 Å². The maximum Gasteiger partial charge on any atom is 0.325 e. The lowest BCUT2D eigenvalue weighted by Gasteiger charge is -2.34. The minimum absolute atomic E-state index is 0.0301. The Hall–Kier alpha value is -3.35. The third-order valence-corrected chi connectivity index (χ3v) is 5.60. The van der Waals surface area contributed by atoms with E-state index in [2.05, 4.69) is 0 Å². The Balaban J connectivity index is 1.49. The average molecular weight is 439 g/mol. The molecule has 170 valence electrons. The van der Waals surface area contributed by atoms with E-state index in [0.717, 1.165) is 11.3 Å². The van der Waals surface area contributed by atoms with Crippen molar-refractivity contribution in [2.24, 2.45) is 5.92 Å². The molecule has 0 aliphatic carbocycles. The van der Waals surface area contributed by atoms with E-state index in [0.29, 0.717) is 45.5 Å². The van der Waals surface area contributed by atoms with Crippen molar-refractivity contribution in [3.05, 3.63) is 66.2 Å². The zero-order valence-electron chi connectivity index (χ0n) is 18.4. The fourth-order valence-corrected chi connectivity index (χ4v) is 3.80. The normalized spacial score (nSPS) is 14.0. The largest absolute Gasteiger partial charge is 0.493 e. The Kier molecular flexibility index (Phi) is 8.66. The SMILES string of the molecule is COC(=O)CN(Cc1ccccc1)C(=O)C1CCN(C(=O)CCOc2ccccc2)CC1. The summed E-state index contributed by atoms with van der Waals surface area (Å²) in [5, 5.41) is 0. The third-order valence-electron chi connectivity index (χ3n) is 5.60. The second kappa shape index (κ2) is 11.9. The predicted molar refractivity (Wildman–Crippen MR) is 120 cm³/mol. The molecule has 0 unspecified atom stereocenters. The van der Waals surface area contributed by atoms with Crippen LogP contribution in [0.2, 0.25) is 0 Å². The molecule has 0 N–H and O–H groups in total. The fraction of sp³-hybridized carbons (Fsp3) is 0.400. The molecule has 0 bridgehead atoms. The number of methoxy groups -OCH3 is 1. The molecule has 0 radical (unpaired) electrons. The van der Waals surface area contributed by atoms with Gasteiger partial charge in [0.15, 0.2) is 0 Å². The summed E-state index contributed by atoms with van der Waals surface area (Å²) in [5.41, 5.74) is 0.954. The van der Waals surface area contributed by atoms with Crippen molar-refractivity contribution in [2.45, 2.75) is 25.8 Å². The van der Waals surface area contributed by atoms with E-state index >= 15 is 0 Å². The molecule has 32 heavy (non-hydrogen) atoms. The van der Waals surface area contributed by atoms with Gasteiger partial charge >= 0.3 is 5.97 Å². The van der Waals surface area contributed by atoms with Gasteiger partial charge in [0.1, 0.15) is 12.3 Å². The van der Waals surface area contributed by atoms with Crippen molar-refractivity contribution < 1.29 is 23.9 Å². The highest BCUT2D eigenvalue weighted by molar-refractivity contribution is 5.84. The van der Waals surface area contributed by atoms with Crippen LogP contribution in [0.1, 0.15) is 24.8 Å². The fourth-order valence-electron chi connectivity index (χ4n) is 3.80. The number of carbonyl (C=O) groups excluding carboxylic acids is 3. The summed E-state index contributed by atoms with van der Waals surface area (Å²) in [7, 11) is 1.32. The number of likely N-dealkylation sites (tertiary alicyclic amines) is 1. The van der Waals surface area contributed by atoms with Crippen LogP contribution in [0.15, 0.2) is 60.7 Å². The van der Waals surface area contributed by atoms with Gasteiger partial charge < -0.3 is 19.3 Å². The first-order chi connectivity index (χ1) is 15.6. The van der Waals surface area contributed by atoms with Crippen LogP contribution in [0, 0.1) is 5.92 Å². The molecule has 2 amide bonds. The molecule has 7 nitrogen and oxygen atoms in total. The maximum atomic E-state index is 13.2. The molecule has 0 atom stereocenters. The summed E-state index contributed by atoms with van der Waals surface area (Å²) in [6.07, 6.45) is 1.46. The van der Waals surface area contributed by atoms with Crippen LogP contribution in [-0.4, -0.2) is 60.9 Å². The number of para-hydroxylation sites is 1. The summed E-state index contributed by atoms with van der Waals surface area (Å²) in [5.74, 6) is 0.0447. The maximum absolute atomic E-state index is 13.2. The smallest absolute Gasteiger partial charge is 0.325 e. The molecule has 7 heteroatoms. The van der Waals surface area contributed by atoms with E-state index in [1.54, 1.807) is 9.80 Å². The molecule has 1 saturated heterocycles. The number of nitrogens with zero attached hydrogens (tertiary/aromatic N) is 2. The Morgan fingerprint density at radius 3 is 2.22 bits per heavy atom. The Morgan fingerprint density at radius 1 is 0.969 bits per heavy atom. The van der Waals surface area contributed by atoms with E-state index in [4.69, 9.17) is 9.47 Å². The second-order valence-corrected chi connectivity index (χ2v) is 7.82. The monoisotopic (exact) mass is 438 g/mol. The van der Waals surface area contributed by atoms with Crippen LogP contribution in [0.4, 0.5) is 0 Å². The molecular formula is C25H30N2O5. The summed E-state index contributed by atoms with van der Waals surface area (Å²) < 4.78 is 10.4. The van der Waals surface area contributed by atoms with E-state index < -0.39 is 5.97 Å². The number of carbonyl (C=O) groups is 3.